The highest BCUT2D eigenvalue weighted by Crippen LogP contribution is 2.56. The third-order valence-electron chi connectivity index (χ3n) is 8.87. The van der Waals surface area contributed by atoms with Crippen LogP contribution in [0.2, 0.25) is 0 Å². The predicted molar refractivity (Wildman–Crippen MR) is 170 cm³/mol. The number of nitrogens with zero attached hydrogens (tertiary/aromatic N) is 2. The van der Waals surface area contributed by atoms with Gasteiger partial charge in [0.05, 0.1) is 22.7 Å². The fraction of sp³-hybridized carbons (Fsp3) is 0. The minimum atomic E-state index is -0.237. The molecule has 3 nitrogen and oxygen atoms in total. The molecule has 0 aromatic heterocycles. The molecule has 6 heteroatoms. The average molecular weight is 558 g/mol. The molecule has 0 radical (unpaired) electrons. The number of halogens is 1. The van der Waals surface area contributed by atoms with Gasteiger partial charge in [-0.2, -0.15) is 0 Å². The van der Waals surface area contributed by atoms with E-state index in [2.05, 4.69) is 94.7 Å². The van der Waals surface area contributed by atoms with Crippen molar-refractivity contribution in [3.05, 3.63) is 127 Å². The Hall–Kier alpha value is -4.94. The molecular weight excluding hydrogens is 538 g/mol. The molecule has 0 atom stereocenters. The molecule has 6 aromatic carbocycles. The number of hydrogen-bond donors (Lipinski definition) is 0. The highest BCUT2D eigenvalue weighted by Gasteiger charge is 2.47. The Bertz CT molecular complexity index is 2020. The van der Waals surface area contributed by atoms with Crippen LogP contribution in [0.5, 0.6) is 11.5 Å². The molecule has 42 heavy (non-hydrogen) atoms. The zero-order valence-corrected chi connectivity index (χ0v) is 23.0. The van der Waals surface area contributed by atoms with Gasteiger partial charge in [0.25, 0.3) is 6.71 Å². The van der Waals surface area contributed by atoms with E-state index < -0.39 is 0 Å². The van der Waals surface area contributed by atoms with Crippen molar-refractivity contribution in [2.45, 2.75) is 9.79 Å². The molecule has 0 saturated heterocycles. The lowest BCUT2D eigenvalue weighted by Gasteiger charge is -2.47. The quantitative estimate of drug-likeness (QED) is 0.189. The fourth-order valence-corrected chi connectivity index (χ4v) is 8.30. The highest BCUT2D eigenvalue weighted by atomic mass is 32.2. The lowest BCUT2D eigenvalue weighted by atomic mass is 9.33. The largest absolute Gasteiger partial charge is 0.453 e. The summed E-state index contributed by atoms with van der Waals surface area (Å²) in [5.41, 5.74) is 12.6. The molecule has 6 aromatic rings. The first-order valence-electron chi connectivity index (χ1n) is 14.1. The van der Waals surface area contributed by atoms with E-state index in [0.29, 0.717) is 0 Å². The highest BCUT2D eigenvalue weighted by molar-refractivity contribution is 7.99. The van der Waals surface area contributed by atoms with Crippen LogP contribution < -0.4 is 30.9 Å². The van der Waals surface area contributed by atoms with Gasteiger partial charge in [0.2, 0.25) is 0 Å². The normalized spacial score (nSPS) is 14.3. The molecule has 10 rings (SSSR count). The van der Waals surface area contributed by atoms with Crippen molar-refractivity contribution in [2.75, 3.05) is 9.80 Å². The summed E-state index contributed by atoms with van der Waals surface area (Å²) in [5.74, 6) is 1.46. The van der Waals surface area contributed by atoms with E-state index in [1.54, 1.807) is 12.1 Å². The van der Waals surface area contributed by atoms with Crippen LogP contribution in [0.3, 0.4) is 0 Å². The molecule has 4 heterocycles. The minimum Gasteiger partial charge on any atom is -0.453 e. The summed E-state index contributed by atoms with van der Waals surface area (Å²) in [6, 6.07) is 41.5. The van der Waals surface area contributed by atoms with E-state index in [4.69, 9.17) is 4.74 Å². The second-order valence-corrected chi connectivity index (χ2v) is 12.2. The fourth-order valence-electron chi connectivity index (χ4n) is 7.20. The Labute approximate surface area is 246 Å². The van der Waals surface area contributed by atoms with Crippen molar-refractivity contribution in [3.63, 3.8) is 0 Å². The molecule has 0 fully saturated rings. The molecule has 196 valence electrons. The van der Waals surface area contributed by atoms with Crippen LogP contribution in [0.1, 0.15) is 0 Å². The molecule has 0 aliphatic carbocycles. The molecule has 0 unspecified atom stereocenters. The van der Waals surface area contributed by atoms with E-state index >= 15 is 0 Å². The van der Waals surface area contributed by atoms with Crippen LogP contribution in [0.25, 0.3) is 11.1 Å². The standard InChI is InChI=1S/C36H20BFN2OS/c38-23-17-15-21(16-18-23)22-19-28-34-29(20-22)40-27-10-2-4-13-32(27)42-33-14-6-8-25(36(33)40)37(34)24-7-5-12-31-35(24)39(28)26-9-1-3-11-30(26)41-31/h1-20H. The van der Waals surface area contributed by atoms with Gasteiger partial charge in [-0.1, -0.05) is 72.4 Å². The Balaban J connectivity index is 1.37. The van der Waals surface area contributed by atoms with Gasteiger partial charge >= 0.3 is 0 Å². The van der Waals surface area contributed by atoms with Crippen molar-refractivity contribution < 1.29 is 9.13 Å². The van der Waals surface area contributed by atoms with Crippen molar-refractivity contribution in [1.82, 2.24) is 0 Å². The lowest BCUT2D eigenvalue weighted by Crippen LogP contribution is -2.62. The van der Waals surface area contributed by atoms with Crippen molar-refractivity contribution >= 4 is 69.0 Å². The van der Waals surface area contributed by atoms with Gasteiger partial charge < -0.3 is 14.5 Å². The Morgan fingerprint density at radius 1 is 0.548 bits per heavy atom. The van der Waals surface area contributed by atoms with Crippen molar-refractivity contribution in [3.8, 4) is 22.6 Å². The zero-order chi connectivity index (χ0) is 27.5. The number of hydrogen-bond acceptors (Lipinski definition) is 4. The average Bonchev–Trinajstić information content (AvgIpc) is 3.03. The van der Waals surface area contributed by atoms with Gasteiger partial charge in [-0.25, -0.2) is 4.39 Å². The van der Waals surface area contributed by atoms with Crippen molar-refractivity contribution in [1.29, 1.82) is 0 Å². The van der Waals surface area contributed by atoms with Crippen LogP contribution in [-0.2, 0) is 0 Å². The smallest absolute Gasteiger partial charge is 0.252 e. The number of ether oxygens (including phenoxy) is 1. The van der Waals surface area contributed by atoms with Crippen molar-refractivity contribution in [2.24, 2.45) is 0 Å². The first-order chi connectivity index (χ1) is 20.7. The summed E-state index contributed by atoms with van der Waals surface area (Å²) in [4.78, 5) is 7.32. The van der Waals surface area contributed by atoms with Gasteiger partial charge in [-0.05, 0) is 88.2 Å². The third kappa shape index (κ3) is 2.87. The summed E-state index contributed by atoms with van der Waals surface area (Å²) in [6.07, 6.45) is 0. The topological polar surface area (TPSA) is 15.7 Å². The number of benzene rings is 6. The van der Waals surface area contributed by atoms with Crippen LogP contribution >= 0.6 is 11.8 Å². The second-order valence-electron chi connectivity index (χ2n) is 11.1. The van der Waals surface area contributed by atoms with Crippen LogP contribution in [0.4, 0.5) is 38.5 Å². The lowest BCUT2D eigenvalue weighted by molar-refractivity contribution is 0.477. The summed E-state index contributed by atoms with van der Waals surface area (Å²) < 4.78 is 20.6. The van der Waals surface area contributed by atoms with Gasteiger partial charge in [0, 0.05) is 21.2 Å². The number of fused-ring (bicyclic) bond motifs is 8. The number of para-hydroxylation sites is 5. The first kappa shape index (κ1) is 22.7. The monoisotopic (exact) mass is 558 g/mol. The molecule has 0 saturated carbocycles. The SMILES string of the molecule is Fc1ccc(-c2cc3c4c(c2)N2c5ccccc5Sc5cccc(c52)B4c2cccc4c2N3c2ccccc2O4)cc1. The molecule has 0 bridgehead atoms. The predicted octanol–water partition coefficient (Wildman–Crippen LogP) is 8.15. The Morgan fingerprint density at radius 3 is 2.02 bits per heavy atom. The number of rotatable bonds is 1. The maximum atomic E-state index is 14.0. The summed E-state index contributed by atoms with van der Waals surface area (Å²) in [5, 5.41) is 0. The van der Waals surface area contributed by atoms with Crippen LogP contribution in [0, 0.1) is 5.82 Å². The van der Waals surface area contributed by atoms with E-state index in [1.807, 2.05) is 36.0 Å². The zero-order valence-electron chi connectivity index (χ0n) is 22.2. The van der Waals surface area contributed by atoms with Gasteiger partial charge in [0.15, 0.2) is 11.5 Å². The van der Waals surface area contributed by atoms with Crippen LogP contribution in [-0.4, -0.2) is 6.71 Å². The van der Waals surface area contributed by atoms with E-state index in [-0.39, 0.29) is 12.5 Å². The van der Waals surface area contributed by atoms with Gasteiger partial charge in [0.1, 0.15) is 5.82 Å². The molecule has 0 spiro atoms. The van der Waals surface area contributed by atoms with Gasteiger partial charge in [-0.3, -0.25) is 0 Å². The van der Waals surface area contributed by atoms with Crippen LogP contribution in [0.15, 0.2) is 131 Å². The minimum absolute atomic E-state index is 0.0365. The maximum absolute atomic E-state index is 14.0. The molecule has 4 aliphatic rings. The molecule has 0 amide bonds. The van der Waals surface area contributed by atoms with Gasteiger partial charge in [-0.15, -0.1) is 0 Å². The first-order valence-corrected chi connectivity index (χ1v) is 14.9. The molecule has 4 aliphatic heterocycles. The maximum Gasteiger partial charge on any atom is 0.252 e. The van der Waals surface area contributed by atoms with E-state index in [1.165, 1.54) is 37.6 Å². The summed E-state index contributed by atoms with van der Waals surface area (Å²) >= 11 is 1.83. The molecule has 0 N–H and O–H groups in total. The molecular formula is C36H20BFN2OS. The third-order valence-corrected chi connectivity index (χ3v) is 9.98. The Kier molecular flexibility index (Phi) is 4.37. The second kappa shape index (κ2) is 8.08. The van der Waals surface area contributed by atoms with E-state index in [9.17, 15) is 4.39 Å². The Morgan fingerprint density at radius 2 is 1.19 bits per heavy atom. The summed E-state index contributed by atoms with van der Waals surface area (Å²) in [7, 11) is 0. The summed E-state index contributed by atoms with van der Waals surface area (Å²) in [6.45, 7) is 0.0365. The van der Waals surface area contributed by atoms with E-state index in [0.717, 1.165) is 45.4 Å². The number of anilines is 6.